The molecular formula is C14H18N2O2. The van der Waals surface area contributed by atoms with Gasteiger partial charge in [0.2, 0.25) is 0 Å². The number of methoxy groups -OCH3 is 1. The number of rotatable bonds is 1. The Balaban J connectivity index is 0.000000771. The lowest BCUT2D eigenvalue weighted by Crippen LogP contribution is -2.01. The van der Waals surface area contributed by atoms with E-state index in [0.29, 0.717) is 11.4 Å². The van der Waals surface area contributed by atoms with Gasteiger partial charge in [0, 0.05) is 5.39 Å². The molecule has 4 heteroatoms. The van der Waals surface area contributed by atoms with Gasteiger partial charge in [-0.05, 0) is 36.8 Å². The van der Waals surface area contributed by atoms with Crippen molar-refractivity contribution >= 4 is 22.7 Å². The SMILES string of the molecule is CC.COC(=O)c1ccc2nc(N)c(C)cc2c1. The molecular weight excluding hydrogens is 228 g/mol. The van der Waals surface area contributed by atoms with Crippen molar-refractivity contribution in [1.29, 1.82) is 0 Å². The van der Waals surface area contributed by atoms with E-state index in [4.69, 9.17) is 5.73 Å². The minimum Gasteiger partial charge on any atom is -0.465 e. The van der Waals surface area contributed by atoms with Crippen LogP contribution in [-0.4, -0.2) is 18.1 Å². The fourth-order valence-corrected chi connectivity index (χ4v) is 1.54. The molecule has 0 bridgehead atoms. The highest BCUT2D eigenvalue weighted by Gasteiger charge is 2.07. The molecule has 96 valence electrons. The fraction of sp³-hybridized carbons (Fsp3) is 0.286. The number of hydrogen-bond donors (Lipinski definition) is 1. The van der Waals surface area contributed by atoms with E-state index in [-0.39, 0.29) is 5.97 Å². The number of aryl methyl sites for hydroxylation is 1. The molecule has 1 aromatic carbocycles. The lowest BCUT2D eigenvalue weighted by molar-refractivity contribution is 0.0601. The largest absolute Gasteiger partial charge is 0.465 e. The lowest BCUT2D eigenvalue weighted by Gasteiger charge is -2.04. The van der Waals surface area contributed by atoms with Gasteiger partial charge in [-0.3, -0.25) is 0 Å². The molecule has 0 aliphatic rings. The zero-order valence-electron chi connectivity index (χ0n) is 11.2. The monoisotopic (exact) mass is 246 g/mol. The molecule has 0 saturated carbocycles. The van der Waals surface area contributed by atoms with Crippen LogP contribution in [-0.2, 0) is 4.74 Å². The lowest BCUT2D eigenvalue weighted by atomic mass is 10.1. The van der Waals surface area contributed by atoms with Crippen LogP contribution in [0.3, 0.4) is 0 Å². The van der Waals surface area contributed by atoms with Crippen LogP contribution in [0.1, 0.15) is 29.8 Å². The van der Waals surface area contributed by atoms with Crippen molar-refractivity contribution in [2.75, 3.05) is 12.8 Å². The first-order valence-corrected chi connectivity index (χ1v) is 5.87. The molecule has 18 heavy (non-hydrogen) atoms. The maximum absolute atomic E-state index is 11.3. The number of pyridine rings is 1. The van der Waals surface area contributed by atoms with Crippen LogP contribution in [0.15, 0.2) is 24.3 Å². The summed E-state index contributed by atoms with van der Waals surface area (Å²) >= 11 is 0. The van der Waals surface area contributed by atoms with Gasteiger partial charge < -0.3 is 10.5 Å². The third-order valence-corrected chi connectivity index (χ3v) is 2.47. The zero-order valence-corrected chi connectivity index (χ0v) is 11.2. The van der Waals surface area contributed by atoms with E-state index in [1.807, 2.05) is 26.8 Å². The summed E-state index contributed by atoms with van der Waals surface area (Å²) in [5.41, 5.74) is 7.89. The number of esters is 1. The Morgan fingerprint density at radius 1 is 1.28 bits per heavy atom. The summed E-state index contributed by atoms with van der Waals surface area (Å²) in [5.74, 6) is 0.162. The summed E-state index contributed by atoms with van der Waals surface area (Å²) in [6.45, 7) is 5.88. The van der Waals surface area contributed by atoms with E-state index >= 15 is 0 Å². The topological polar surface area (TPSA) is 65.2 Å². The van der Waals surface area contributed by atoms with Gasteiger partial charge in [-0.15, -0.1) is 0 Å². The number of benzene rings is 1. The van der Waals surface area contributed by atoms with Crippen molar-refractivity contribution in [3.8, 4) is 0 Å². The Labute approximate surface area is 107 Å². The Hall–Kier alpha value is -2.10. The van der Waals surface area contributed by atoms with Gasteiger partial charge in [-0.2, -0.15) is 0 Å². The second-order valence-electron chi connectivity index (χ2n) is 3.59. The van der Waals surface area contributed by atoms with Crippen LogP contribution in [0.25, 0.3) is 10.9 Å². The van der Waals surface area contributed by atoms with Crippen molar-refractivity contribution in [3.05, 3.63) is 35.4 Å². The first kappa shape index (κ1) is 14.0. The molecule has 0 spiro atoms. The van der Waals surface area contributed by atoms with Crippen molar-refractivity contribution in [2.24, 2.45) is 0 Å². The summed E-state index contributed by atoms with van der Waals surface area (Å²) in [6, 6.07) is 7.10. The highest BCUT2D eigenvalue weighted by molar-refractivity contribution is 5.94. The number of hydrogen-bond acceptors (Lipinski definition) is 4. The minimum absolute atomic E-state index is 0.351. The number of fused-ring (bicyclic) bond motifs is 1. The smallest absolute Gasteiger partial charge is 0.337 e. The predicted octanol–water partition coefficient (Wildman–Crippen LogP) is 2.94. The normalized spacial score (nSPS) is 9.56. The number of nitrogens with two attached hydrogens (primary N) is 1. The van der Waals surface area contributed by atoms with Crippen molar-refractivity contribution in [1.82, 2.24) is 4.98 Å². The van der Waals surface area contributed by atoms with Crippen LogP contribution in [0.4, 0.5) is 5.82 Å². The quantitative estimate of drug-likeness (QED) is 0.786. The van der Waals surface area contributed by atoms with E-state index in [1.54, 1.807) is 18.2 Å². The van der Waals surface area contributed by atoms with Crippen molar-refractivity contribution in [2.45, 2.75) is 20.8 Å². The number of nitrogens with zero attached hydrogens (tertiary/aromatic N) is 1. The van der Waals surface area contributed by atoms with E-state index in [2.05, 4.69) is 9.72 Å². The van der Waals surface area contributed by atoms with Crippen LogP contribution < -0.4 is 5.73 Å². The van der Waals surface area contributed by atoms with Gasteiger partial charge in [0.25, 0.3) is 0 Å². The van der Waals surface area contributed by atoms with E-state index in [0.717, 1.165) is 16.5 Å². The molecule has 1 heterocycles. The van der Waals surface area contributed by atoms with Crippen LogP contribution >= 0.6 is 0 Å². The van der Waals surface area contributed by atoms with Gasteiger partial charge in [0.15, 0.2) is 0 Å². The predicted molar refractivity (Wildman–Crippen MR) is 73.6 cm³/mol. The highest BCUT2D eigenvalue weighted by Crippen LogP contribution is 2.19. The first-order valence-electron chi connectivity index (χ1n) is 5.87. The van der Waals surface area contributed by atoms with Gasteiger partial charge in [0.1, 0.15) is 5.82 Å². The Morgan fingerprint density at radius 2 is 1.94 bits per heavy atom. The summed E-state index contributed by atoms with van der Waals surface area (Å²) in [6.07, 6.45) is 0. The highest BCUT2D eigenvalue weighted by atomic mass is 16.5. The van der Waals surface area contributed by atoms with Gasteiger partial charge in [-0.1, -0.05) is 13.8 Å². The molecule has 2 N–H and O–H groups in total. The number of aromatic nitrogens is 1. The maximum Gasteiger partial charge on any atom is 0.337 e. The molecule has 0 aliphatic heterocycles. The molecule has 0 saturated heterocycles. The third kappa shape index (κ3) is 2.77. The fourth-order valence-electron chi connectivity index (χ4n) is 1.54. The van der Waals surface area contributed by atoms with E-state index in [1.165, 1.54) is 7.11 Å². The molecule has 0 unspecified atom stereocenters. The second-order valence-corrected chi connectivity index (χ2v) is 3.59. The third-order valence-electron chi connectivity index (χ3n) is 2.47. The molecule has 0 aliphatic carbocycles. The van der Waals surface area contributed by atoms with Gasteiger partial charge in [-0.25, -0.2) is 9.78 Å². The number of carbonyl (C=O) groups excluding carboxylic acids is 1. The van der Waals surface area contributed by atoms with Crippen molar-refractivity contribution in [3.63, 3.8) is 0 Å². The minimum atomic E-state index is -0.351. The van der Waals surface area contributed by atoms with Crippen molar-refractivity contribution < 1.29 is 9.53 Å². The number of ether oxygens (including phenoxy) is 1. The number of anilines is 1. The molecule has 0 amide bonds. The zero-order chi connectivity index (χ0) is 13.7. The second kappa shape index (κ2) is 6.00. The molecule has 0 fully saturated rings. The first-order chi connectivity index (χ1) is 8.61. The number of nitrogen functional groups attached to an aromatic ring is 1. The van der Waals surface area contributed by atoms with E-state index in [9.17, 15) is 4.79 Å². The van der Waals surface area contributed by atoms with Gasteiger partial charge in [0.05, 0.1) is 18.2 Å². The summed E-state index contributed by atoms with van der Waals surface area (Å²) in [5, 5.41) is 0.884. The average molecular weight is 246 g/mol. The standard InChI is InChI=1S/C12H12N2O2.C2H6/c1-7-5-9-6-8(12(15)16-2)3-4-10(9)14-11(7)13;1-2/h3-6H,1-2H3,(H2,13,14);1-2H3. The molecule has 4 nitrogen and oxygen atoms in total. The molecule has 2 aromatic rings. The number of carbonyl (C=O) groups is 1. The summed E-state index contributed by atoms with van der Waals surface area (Å²) in [4.78, 5) is 15.6. The molecule has 1 aromatic heterocycles. The van der Waals surface area contributed by atoms with E-state index < -0.39 is 0 Å². The van der Waals surface area contributed by atoms with Crippen LogP contribution in [0.5, 0.6) is 0 Å². The molecule has 0 radical (unpaired) electrons. The van der Waals surface area contributed by atoms with Crippen LogP contribution in [0.2, 0.25) is 0 Å². The Morgan fingerprint density at radius 3 is 2.56 bits per heavy atom. The van der Waals surface area contributed by atoms with Crippen LogP contribution in [0, 0.1) is 6.92 Å². The van der Waals surface area contributed by atoms with Gasteiger partial charge >= 0.3 is 5.97 Å². The summed E-state index contributed by atoms with van der Waals surface area (Å²) < 4.78 is 4.66. The average Bonchev–Trinajstić information content (AvgIpc) is 2.41. The Kier molecular flexibility index (Phi) is 4.66. The Bertz CT molecular complexity index is 565. The molecule has 0 atom stereocenters. The maximum atomic E-state index is 11.3. The molecule has 2 rings (SSSR count). The summed E-state index contributed by atoms with van der Waals surface area (Å²) in [7, 11) is 1.36.